The van der Waals surface area contributed by atoms with Crippen molar-refractivity contribution in [3.8, 4) is 0 Å². The molecule has 60 valence electrons. The fourth-order valence-electron chi connectivity index (χ4n) is 1.37. The molecule has 0 radical (unpaired) electrons. The van der Waals surface area contributed by atoms with Gasteiger partial charge in [0.15, 0.2) is 0 Å². The Bertz CT molecular complexity index is 216. The van der Waals surface area contributed by atoms with Gasteiger partial charge in [0.25, 0.3) is 0 Å². The van der Waals surface area contributed by atoms with Crippen LogP contribution in [0.2, 0.25) is 0 Å². The SMILES string of the molecule is CCC1=C(C)C(C)C=CC=C1. The van der Waals surface area contributed by atoms with E-state index >= 15 is 0 Å². The van der Waals surface area contributed by atoms with E-state index in [1.54, 1.807) is 0 Å². The summed E-state index contributed by atoms with van der Waals surface area (Å²) in [5.74, 6) is 0.611. The van der Waals surface area contributed by atoms with Gasteiger partial charge in [-0.2, -0.15) is 0 Å². The van der Waals surface area contributed by atoms with Crippen molar-refractivity contribution < 1.29 is 0 Å². The van der Waals surface area contributed by atoms with E-state index in [9.17, 15) is 0 Å². The number of hydrogen-bond acceptors (Lipinski definition) is 0. The molecule has 0 spiro atoms. The lowest BCUT2D eigenvalue weighted by Gasteiger charge is -2.09. The first kappa shape index (κ1) is 8.32. The second-order valence-electron chi connectivity index (χ2n) is 3.09. The predicted molar refractivity (Wildman–Crippen MR) is 50.4 cm³/mol. The molecule has 11 heavy (non-hydrogen) atoms. The van der Waals surface area contributed by atoms with Gasteiger partial charge < -0.3 is 0 Å². The molecule has 0 saturated heterocycles. The van der Waals surface area contributed by atoms with Gasteiger partial charge in [-0.3, -0.25) is 0 Å². The standard InChI is InChI=1S/C11H16/c1-4-11-8-6-5-7-9(2)10(11)3/h5-9H,4H2,1-3H3. The largest absolute Gasteiger partial charge is 0.0776 e. The van der Waals surface area contributed by atoms with Crippen LogP contribution in [0.1, 0.15) is 27.2 Å². The molecule has 0 N–H and O–H groups in total. The third kappa shape index (κ3) is 1.83. The summed E-state index contributed by atoms with van der Waals surface area (Å²) in [5.41, 5.74) is 3.00. The minimum Gasteiger partial charge on any atom is -0.0776 e. The Morgan fingerprint density at radius 2 is 2.09 bits per heavy atom. The maximum absolute atomic E-state index is 2.24. The normalized spacial score (nSPS) is 24.1. The van der Waals surface area contributed by atoms with Crippen LogP contribution in [0.3, 0.4) is 0 Å². The van der Waals surface area contributed by atoms with E-state index in [0.717, 1.165) is 6.42 Å². The maximum atomic E-state index is 2.24. The van der Waals surface area contributed by atoms with Crippen LogP contribution in [0.5, 0.6) is 0 Å². The summed E-state index contributed by atoms with van der Waals surface area (Å²) in [6.45, 7) is 6.68. The molecule has 0 aromatic carbocycles. The predicted octanol–water partition coefficient (Wildman–Crippen LogP) is 3.48. The van der Waals surface area contributed by atoms with Gasteiger partial charge in [0.05, 0.1) is 0 Å². The third-order valence-corrected chi connectivity index (χ3v) is 2.38. The van der Waals surface area contributed by atoms with Gasteiger partial charge in [-0.25, -0.2) is 0 Å². The van der Waals surface area contributed by atoms with Crippen LogP contribution in [0.25, 0.3) is 0 Å². The molecule has 0 saturated carbocycles. The van der Waals surface area contributed by atoms with Crippen LogP contribution in [0.15, 0.2) is 35.5 Å². The van der Waals surface area contributed by atoms with E-state index in [1.165, 1.54) is 11.1 Å². The highest BCUT2D eigenvalue weighted by Crippen LogP contribution is 2.21. The van der Waals surface area contributed by atoms with Gasteiger partial charge in [0.1, 0.15) is 0 Å². The molecule has 0 amide bonds. The van der Waals surface area contributed by atoms with Crippen molar-refractivity contribution in [3.05, 3.63) is 35.5 Å². The van der Waals surface area contributed by atoms with E-state index in [4.69, 9.17) is 0 Å². The number of rotatable bonds is 1. The van der Waals surface area contributed by atoms with Crippen molar-refractivity contribution in [2.75, 3.05) is 0 Å². The third-order valence-electron chi connectivity index (χ3n) is 2.38. The lowest BCUT2D eigenvalue weighted by atomic mass is 9.97. The topological polar surface area (TPSA) is 0 Å². The molecule has 1 aliphatic rings. The average Bonchev–Trinajstić information content (AvgIpc) is 2.16. The smallest absolute Gasteiger partial charge is 0.00455 e. The number of hydrogen-bond donors (Lipinski definition) is 0. The van der Waals surface area contributed by atoms with Crippen molar-refractivity contribution >= 4 is 0 Å². The fourth-order valence-corrected chi connectivity index (χ4v) is 1.37. The molecule has 0 fully saturated rings. The minimum atomic E-state index is 0.611. The van der Waals surface area contributed by atoms with Crippen molar-refractivity contribution in [1.29, 1.82) is 0 Å². The second kappa shape index (κ2) is 3.56. The molecule has 0 aromatic rings. The van der Waals surface area contributed by atoms with E-state index < -0.39 is 0 Å². The van der Waals surface area contributed by atoms with Crippen LogP contribution in [-0.2, 0) is 0 Å². The van der Waals surface area contributed by atoms with Gasteiger partial charge in [-0.1, -0.05) is 43.7 Å². The molecule has 1 unspecified atom stereocenters. The molecule has 0 aromatic heterocycles. The highest BCUT2D eigenvalue weighted by molar-refractivity contribution is 5.32. The Balaban J connectivity index is 2.95. The van der Waals surface area contributed by atoms with Crippen LogP contribution < -0.4 is 0 Å². The fraction of sp³-hybridized carbons (Fsp3) is 0.455. The highest BCUT2D eigenvalue weighted by atomic mass is 14.1. The molecule has 0 bridgehead atoms. The Morgan fingerprint density at radius 3 is 2.73 bits per heavy atom. The van der Waals surface area contributed by atoms with Gasteiger partial charge in [-0.05, 0) is 24.8 Å². The van der Waals surface area contributed by atoms with E-state index in [-0.39, 0.29) is 0 Å². The summed E-state index contributed by atoms with van der Waals surface area (Å²) >= 11 is 0. The van der Waals surface area contributed by atoms with Crippen molar-refractivity contribution in [1.82, 2.24) is 0 Å². The van der Waals surface area contributed by atoms with Crippen molar-refractivity contribution in [3.63, 3.8) is 0 Å². The molecule has 1 aliphatic carbocycles. The highest BCUT2D eigenvalue weighted by Gasteiger charge is 2.04. The maximum Gasteiger partial charge on any atom is -0.00455 e. The van der Waals surface area contributed by atoms with Crippen molar-refractivity contribution in [2.45, 2.75) is 27.2 Å². The Morgan fingerprint density at radius 1 is 1.36 bits per heavy atom. The van der Waals surface area contributed by atoms with Gasteiger partial charge in [0.2, 0.25) is 0 Å². The van der Waals surface area contributed by atoms with Gasteiger partial charge >= 0.3 is 0 Å². The van der Waals surface area contributed by atoms with Crippen molar-refractivity contribution in [2.24, 2.45) is 5.92 Å². The lowest BCUT2D eigenvalue weighted by Crippen LogP contribution is -1.93. The molecular formula is C11H16. The Kier molecular flexibility index (Phi) is 2.70. The first-order valence-electron chi connectivity index (χ1n) is 4.30. The molecular weight excluding hydrogens is 132 g/mol. The summed E-state index contributed by atoms with van der Waals surface area (Å²) in [7, 11) is 0. The quantitative estimate of drug-likeness (QED) is 0.534. The monoisotopic (exact) mass is 148 g/mol. The van der Waals surface area contributed by atoms with E-state index in [2.05, 4.69) is 45.1 Å². The summed E-state index contributed by atoms with van der Waals surface area (Å²) in [4.78, 5) is 0. The first-order valence-corrected chi connectivity index (χ1v) is 4.30. The van der Waals surface area contributed by atoms with Crippen LogP contribution in [0.4, 0.5) is 0 Å². The molecule has 1 atom stereocenters. The summed E-state index contributed by atoms with van der Waals surface area (Å²) < 4.78 is 0. The first-order chi connectivity index (χ1) is 5.25. The summed E-state index contributed by atoms with van der Waals surface area (Å²) in [6, 6.07) is 0. The Hall–Kier alpha value is -0.780. The van der Waals surface area contributed by atoms with E-state index in [0.29, 0.717) is 5.92 Å². The molecule has 0 heterocycles. The number of allylic oxidation sites excluding steroid dienone is 6. The van der Waals surface area contributed by atoms with Crippen LogP contribution in [-0.4, -0.2) is 0 Å². The minimum absolute atomic E-state index is 0.611. The molecule has 0 heteroatoms. The zero-order valence-electron chi connectivity index (χ0n) is 7.59. The zero-order valence-corrected chi connectivity index (χ0v) is 7.59. The van der Waals surface area contributed by atoms with Gasteiger partial charge in [-0.15, -0.1) is 0 Å². The Labute approximate surface area is 69.3 Å². The molecule has 0 aliphatic heterocycles. The summed E-state index contributed by atoms with van der Waals surface area (Å²) in [5, 5.41) is 0. The molecule has 1 rings (SSSR count). The summed E-state index contributed by atoms with van der Waals surface area (Å²) in [6.07, 6.45) is 9.88. The second-order valence-corrected chi connectivity index (χ2v) is 3.09. The van der Waals surface area contributed by atoms with E-state index in [1.807, 2.05) is 0 Å². The zero-order chi connectivity index (χ0) is 8.27. The van der Waals surface area contributed by atoms with Crippen LogP contribution in [0, 0.1) is 5.92 Å². The average molecular weight is 148 g/mol. The molecule has 0 nitrogen and oxygen atoms in total. The van der Waals surface area contributed by atoms with Crippen LogP contribution >= 0.6 is 0 Å². The lowest BCUT2D eigenvalue weighted by molar-refractivity contribution is 0.842. The van der Waals surface area contributed by atoms with Gasteiger partial charge in [0, 0.05) is 0 Å².